The lowest BCUT2D eigenvalue weighted by Crippen LogP contribution is -2.14. The maximum absolute atomic E-state index is 13.0. The molecule has 0 fully saturated rings. The molecule has 0 saturated heterocycles. The van der Waals surface area contributed by atoms with E-state index in [2.05, 4.69) is 10.3 Å². The summed E-state index contributed by atoms with van der Waals surface area (Å²) in [6, 6.07) is 7.34. The molecule has 2 aromatic rings. The highest BCUT2D eigenvalue weighted by molar-refractivity contribution is 6.05. The first-order valence-corrected chi connectivity index (χ1v) is 5.77. The van der Waals surface area contributed by atoms with Gasteiger partial charge in [-0.3, -0.25) is 4.79 Å². The van der Waals surface area contributed by atoms with E-state index in [1.165, 1.54) is 24.3 Å². The maximum atomic E-state index is 13.0. The first-order chi connectivity index (χ1) is 8.95. The lowest BCUT2D eigenvalue weighted by molar-refractivity contribution is 0.102. The standard InChI is InChI=1S/C14H14FN3O/c1-8-5-11(15)3-4-12(8)18-14(19)10-6-9(2)17-13(16)7-10/h3-7H,1-2H3,(H2,16,17)(H,18,19). The Balaban J connectivity index is 2.25. The van der Waals surface area contributed by atoms with E-state index in [4.69, 9.17) is 5.73 Å². The van der Waals surface area contributed by atoms with Gasteiger partial charge in [0.25, 0.3) is 5.91 Å². The van der Waals surface area contributed by atoms with E-state index in [1.807, 2.05) is 0 Å². The summed E-state index contributed by atoms with van der Waals surface area (Å²) < 4.78 is 13.0. The molecule has 1 amide bonds. The second-order valence-electron chi connectivity index (χ2n) is 4.34. The van der Waals surface area contributed by atoms with E-state index in [-0.39, 0.29) is 11.7 Å². The molecule has 0 spiro atoms. The van der Waals surface area contributed by atoms with E-state index in [9.17, 15) is 9.18 Å². The molecule has 1 heterocycles. The predicted octanol–water partition coefficient (Wildman–Crippen LogP) is 2.67. The van der Waals surface area contributed by atoms with Gasteiger partial charge in [0.05, 0.1) is 0 Å². The molecule has 0 bridgehead atoms. The molecule has 3 N–H and O–H groups in total. The number of hydrogen-bond donors (Lipinski definition) is 2. The zero-order valence-electron chi connectivity index (χ0n) is 10.7. The number of pyridine rings is 1. The van der Waals surface area contributed by atoms with E-state index in [0.29, 0.717) is 28.3 Å². The van der Waals surface area contributed by atoms with E-state index in [0.717, 1.165) is 0 Å². The number of benzene rings is 1. The van der Waals surface area contributed by atoms with Crippen LogP contribution < -0.4 is 11.1 Å². The van der Waals surface area contributed by atoms with Crippen molar-refractivity contribution in [1.82, 2.24) is 4.98 Å². The van der Waals surface area contributed by atoms with Gasteiger partial charge in [0.2, 0.25) is 0 Å². The van der Waals surface area contributed by atoms with Gasteiger partial charge in [-0.25, -0.2) is 9.37 Å². The number of amides is 1. The Morgan fingerprint density at radius 3 is 2.63 bits per heavy atom. The van der Waals surface area contributed by atoms with Crippen molar-refractivity contribution in [3.63, 3.8) is 0 Å². The van der Waals surface area contributed by atoms with Crippen molar-refractivity contribution in [3.8, 4) is 0 Å². The molecule has 98 valence electrons. The van der Waals surface area contributed by atoms with Crippen LogP contribution in [0.2, 0.25) is 0 Å². The number of aromatic nitrogens is 1. The van der Waals surface area contributed by atoms with Gasteiger partial charge in [0.1, 0.15) is 11.6 Å². The SMILES string of the molecule is Cc1cc(C(=O)Nc2ccc(F)cc2C)cc(N)n1. The predicted molar refractivity (Wildman–Crippen MR) is 72.5 cm³/mol. The number of halogens is 1. The number of nitrogens with one attached hydrogen (secondary N) is 1. The molecule has 0 unspecified atom stereocenters. The zero-order chi connectivity index (χ0) is 14.0. The molecule has 19 heavy (non-hydrogen) atoms. The monoisotopic (exact) mass is 259 g/mol. The second-order valence-corrected chi connectivity index (χ2v) is 4.34. The Morgan fingerprint density at radius 2 is 2.00 bits per heavy atom. The molecule has 0 saturated carbocycles. The third-order valence-corrected chi connectivity index (χ3v) is 2.67. The highest BCUT2D eigenvalue weighted by Gasteiger charge is 2.09. The smallest absolute Gasteiger partial charge is 0.255 e. The quantitative estimate of drug-likeness (QED) is 0.871. The molecule has 1 aromatic carbocycles. The summed E-state index contributed by atoms with van der Waals surface area (Å²) >= 11 is 0. The van der Waals surface area contributed by atoms with E-state index >= 15 is 0 Å². The summed E-state index contributed by atoms with van der Waals surface area (Å²) in [5.74, 6) is -0.340. The molecular weight excluding hydrogens is 245 g/mol. The Labute approximate surface area is 110 Å². The third-order valence-electron chi connectivity index (χ3n) is 2.67. The molecule has 4 nitrogen and oxygen atoms in total. The largest absolute Gasteiger partial charge is 0.384 e. The first kappa shape index (κ1) is 13.0. The summed E-state index contributed by atoms with van der Waals surface area (Å²) in [6.45, 7) is 3.49. The number of aryl methyl sites for hydroxylation is 2. The summed E-state index contributed by atoms with van der Waals surface area (Å²) in [4.78, 5) is 16.1. The summed E-state index contributed by atoms with van der Waals surface area (Å²) in [6.07, 6.45) is 0. The molecule has 0 aliphatic carbocycles. The normalized spacial score (nSPS) is 10.3. The van der Waals surface area contributed by atoms with Crippen molar-refractivity contribution < 1.29 is 9.18 Å². The van der Waals surface area contributed by atoms with Gasteiger partial charge >= 0.3 is 0 Å². The van der Waals surface area contributed by atoms with Crippen LogP contribution in [-0.2, 0) is 0 Å². The molecule has 0 atom stereocenters. The van der Waals surface area contributed by atoms with E-state index < -0.39 is 0 Å². The van der Waals surface area contributed by atoms with Crippen LogP contribution in [0, 0.1) is 19.7 Å². The number of carbonyl (C=O) groups excluding carboxylic acids is 1. The highest BCUT2D eigenvalue weighted by atomic mass is 19.1. The van der Waals surface area contributed by atoms with Crippen LogP contribution in [0.3, 0.4) is 0 Å². The van der Waals surface area contributed by atoms with Crippen molar-refractivity contribution in [3.05, 3.63) is 53.0 Å². The molecule has 2 rings (SSSR count). The Kier molecular flexibility index (Phi) is 3.46. The summed E-state index contributed by atoms with van der Waals surface area (Å²) in [7, 11) is 0. The summed E-state index contributed by atoms with van der Waals surface area (Å²) in [5, 5.41) is 2.72. The van der Waals surface area contributed by atoms with Crippen LogP contribution in [-0.4, -0.2) is 10.9 Å². The van der Waals surface area contributed by atoms with Crippen molar-refractivity contribution >= 4 is 17.4 Å². The van der Waals surface area contributed by atoms with Gasteiger partial charge in [-0.05, 0) is 49.7 Å². The number of carbonyl (C=O) groups is 1. The number of nitrogens with zero attached hydrogens (tertiary/aromatic N) is 1. The zero-order valence-corrected chi connectivity index (χ0v) is 10.7. The van der Waals surface area contributed by atoms with Crippen molar-refractivity contribution in [2.75, 3.05) is 11.1 Å². The fourth-order valence-electron chi connectivity index (χ4n) is 1.79. The van der Waals surface area contributed by atoms with Gasteiger partial charge < -0.3 is 11.1 Å². The maximum Gasteiger partial charge on any atom is 0.255 e. The summed E-state index contributed by atoms with van der Waals surface area (Å²) in [5.41, 5.74) is 7.92. The van der Waals surface area contributed by atoms with Crippen LogP contribution in [0.1, 0.15) is 21.6 Å². The Hall–Kier alpha value is -2.43. The molecule has 0 aliphatic heterocycles. The van der Waals surface area contributed by atoms with Crippen molar-refractivity contribution in [2.45, 2.75) is 13.8 Å². The van der Waals surface area contributed by atoms with E-state index in [1.54, 1.807) is 19.9 Å². The Morgan fingerprint density at radius 1 is 1.26 bits per heavy atom. The first-order valence-electron chi connectivity index (χ1n) is 5.77. The lowest BCUT2D eigenvalue weighted by atomic mass is 10.1. The molecule has 5 heteroatoms. The van der Waals surface area contributed by atoms with Crippen LogP contribution in [0.25, 0.3) is 0 Å². The average molecular weight is 259 g/mol. The van der Waals surface area contributed by atoms with Crippen LogP contribution in [0.4, 0.5) is 15.9 Å². The minimum atomic E-state index is -0.334. The number of anilines is 2. The van der Waals surface area contributed by atoms with Crippen LogP contribution in [0.15, 0.2) is 30.3 Å². The molecular formula is C14H14FN3O. The second kappa shape index (κ2) is 5.06. The lowest BCUT2D eigenvalue weighted by Gasteiger charge is -2.09. The van der Waals surface area contributed by atoms with Gasteiger partial charge in [-0.2, -0.15) is 0 Å². The third kappa shape index (κ3) is 3.07. The van der Waals surface area contributed by atoms with Crippen molar-refractivity contribution in [2.24, 2.45) is 0 Å². The fraction of sp³-hybridized carbons (Fsp3) is 0.143. The minimum Gasteiger partial charge on any atom is -0.384 e. The fourth-order valence-corrected chi connectivity index (χ4v) is 1.79. The molecule has 1 aromatic heterocycles. The van der Waals surface area contributed by atoms with Gasteiger partial charge in [0, 0.05) is 16.9 Å². The van der Waals surface area contributed by atoms with Gasteiger partial charge in [-0.1, -0.05) is 0 Å². The number of nitrogens with two attached hydrogens (primary N) is 1. The van der Waals surface area contributed by atoms with Gasteiger partial charge in [0.15, 0.2) is 0 Å². The minimum absolute atomic E-state index is 0.293. The molecule has 0 radical (unpaired) electrons. The van der Waals surface area contributed by atoms with Crippen molar-refractivity contribution in [1.29, 1.82) is 0 Å². The van der Waals surface area contributed by atoms with Crippen LogP contribution >= 0.6 is 0 Å². The number of nitrogen functional groups attached to an aromatic ring is 1. The van der Waals surface area contributed by atoms with Gasteiger partial charge in [-0.15, -0.1) is 0 Å². The average Bonchev–Trinajstić information content (AvgIpc) is 2.31. The number of hydrogen-bond acceptors (Lipinski definition) is 3. The number of rotatable bonds is 2. The highest BCUT2D eigenvalue weighted by Crippen LogP contribution is 2.17. The topological polar surface area (TPSA) is 68.0 Å². The molecule has 0 aliphatic rings. The Bertz CT molecular complexity index is 620. The van der Waals surface area contributed by atoms with Crippen LogP contribution in [0.5, 0.6) is 0 Å².